The summed E-state index contributed by atoms with van der Waals surface area (Å²) in [5.74, 6) is -3.53. The van der Waals surface area contributed by atoms with Crippen LogP contribution in [-0.4, -0.2) is 35.1 Å². The van der Waals surface area contributed by atoms with E-state index in [4.69, 9.17) is 4.84 Å². The Labute approximate surface area is 186 Å². The van der Waals surface area contributed by atoms with Crippen molar-refractivity contribution in [3.63, 3.8) is 0 Å². The molecule has 0 aromatic heterocycles. The summed E-state index contributed by atoms with van der Waals surface area (Å²) in [6.45, 7) is 3.71. The molecule has 32 heavy (non-hydrogen) atoms. The standard InChI is InChI=1S/C24H27N3O5/c1-3-17(22(29)27-32-14-16-9-5-4-6-10-16)21(28)26-20(23(30)31)13-24(2)15-25-19-12-8-7-11-18(19)24/h4-12,15,17,20H,3,13-14H2,1-2H3,(H,26,28)(H,27,29)(H,30,31)/t17?,20-,24?/m0/s1. The van der Waals surface area contributed by atoms with Gasteiger partial charge in [-0.25, -0.2) is 10.3 Å². The van der Waals surface area contributed by atoms with Gasteiger partial charge in [0.15, 0.2) is 0 Å². The maximum Gasteiger partial charge on any atom is 0.326 e. The zero-order valence-electron chi connectivity index (χ0n) is 18.1. The highest BCUT2D eigenvalue weighted by atomic mass is 16.6. The van der Waals surface area contributed by atoms with Gasteiger partial charge in [0.25, 0.3) is 5.91 Å². The zero-order chi connectivity index (χ0) is 23.1. The number of para-hydroxylation sites is 1. The molecule has 3 atom stereocenters. The van der Waals surface area contributed by atoms with Crippen LogP contribution in [-0.2, 0) is 31.2 Å². The van der Waals surface area contributed by atoms with E-state index >= 15 is 0 Å². The van der Waals surface area contributed by atoms with E-state index in [9.17, 15) is 19.5 Å². The molecule has 2 aromatic rings. The molecule has 1 aliphatic rings. The second-order valence-corrected chi connectivity index (χ2v) is 8.00. The molecular weight excluding hydrogens is 410 g/mol. The average Bonchev–Trinajstić information content (AvgIpc) is 3.11. The van der Waals surface area contributed by atoms with Crippen molar-refractivity contribution in [1.29, 1.82) is 0 Å². The molecule has 8 nitrogen and oxygen atoms in total. The average molecular weight is 437 g/mol. The first-order valence-corrected chi connectivity index (χ1v) is 10.5. The van der Waals surface area contributed by atoms with Gasteiger partial charge in [0.1, 0.15) is 12.0 Å². The van der Waals surface area contributed by atoms with E-state index in [1.54, 1.807) is 13.1 Å². The predicted octanol–water partition coefficient (Wildman–Crippen LogP) is 2.89. The van der Waals surface area contributed by atoms with E-state index in [-0.39, 0.29) is 19.4 Å². The number of carbonyl (C=O) groups is 3. The molecule has 1 aliphatic heterocycles. The molecule has 2 aromatic carbocycles. The summed E-state index contributed by atoms with van der Waals surface area (Å²) in [7, 11) is 0. The number of hydrogen-bond acceptors (Lipinski definition) is 5. The Hall–Kier alpha value is -3.52. The molecule has 1 heterocycles. The predicted molar refractivity (Wildman–Crippen MR) is 119 cm³/mol. The highest BCUT2D eigenvalue weighted by Gasteiger charge is 2.38. The first-order chi connectivity index (χ1) is 15.3. The van der Waals surface area contributed by atoms with Crippen molar-refractivity contribution >= 4 is 29.7 Å². The van der Waals surface area contributed by atoms with Crippen LogP contribution in [0.1, 0.15) is 37.8 Å². The Balaban J connectivity index is 1.61. The van der Waals surface area contributed by atoms with Gasteiger partial charge < -0.3 is 10.4 Å². The van der Waals surface area contributed by atoms with Crippen molar-refractivity contribution in [2.24, 2.45) is 10.9 Å². The fourth-order valence-electron chi connectivity index (χ4n) is 3.74. The lowest BCUT2D eigenvalue weighted by atomic mass is 9.79. The smallest absolute Gasteiger partial charge is 0.326 e. The monoisotopic (exact) mass is 437 g/mol. The SMILES string of the molecule is CCC(C(=O)NOCc1ccccc1)C(=O)N[C@@H](CC1(C)C=Nc2ccccc21)C(=O)O. The number of carboxylic acid groups (broad SMARTS) is 1. The van der Waals surface area contributed by atoms with Crippen molar-refractivity contribution < 1.29 is 24.3 Å². The number of carbonyl (C=O) groups excluding carboxylic acids is 2. The molecular formula is C24H27N3O5. The minimum absolute atomic E-state index is 0.108. The van der Waals surface area contributed by atoms with Gasteiger partial charge >= 0.3 is 5.97 Å². The summed E-state index contributed by atoms with van der Waals surface area (Å²) >= 11 is 0. The maximum absolute atomic E-state index is 12.8. The number of nitrogens with one attached hydrogen (secondary N) is 2. The van der Waals surface area contributed by atoms with E-state index in [0.29, 0.717) is 0 Å². The Morgan fingerprint density at radius 2 is 1.75 bits per heavy atom. The summed E-state index contributed by atoms with van der Waals surface area (Å²) in [5, 5.41) is 12.2. The second kappa shape index (κ2) is 10.2. The highest BCUT2D eigenvalue weighted by molar-refractivity contribution is 6.01. The lowest BCUT2D eigenvalue weighted by molar-refractivity contribution is -0.148. The molecule has 0 radical (unpaired) electrons. The van der Waals surface area contributed by atoms with Crippen LogP contribution >= 0.6 is 0 Å². The second-order valence-electron chi connectivity index (χ2n) is 8.00. The van der Waals surface area contributed by atoms with Crippen LogP contribution in [0.4, 0.5) is 5.69 Å². The number of aliphatic imine (C=N–C) groups is 1. The molecule has 0 saturated carbocycles. The summed E-state index contributed by atoms with van der Waals surface area (Å²) in [6.07, 6.45) is 2.01. The van der Waals surface area contributed by atoms with Gasteiger partial charge in [-0.05, 0) is 30.0 Å². The number of carboxylic acids is 1. The normalized spacial score (nSPS) is 18.4. The van der Waals surface area contributed by atoms with Gasteiger partial charge in [-0.3, -0.25) is 19.4 Å². The largest absolute Gasteiger partial charge is 0.480 e. The van der Waals surface area contributed by atoms with Crippen molar-refractivity contribution in [2.45, 2.75) is 44.8 Å². The number of fused-ring (bicyclic) bond motifs is 1. The first kappa shape index (κ1) is 23.1. The van der Waals surface area contributed by atoms with Gasteiger partial charge in [0.05, 0.1) is 12.3 Å². The molecule has 0 aliphatic carbocycles. The van der Waals surface area contributed by atoms with Gasteiger partial charge in [0, 0.05) is 11.6 Å². The third kappa shape index (κ3) is 5.39. The topological polar surface area (TPSA) is 117 Å². The van der Waals surface area contributed by atoms with E-state index in [0.717, 1.165) is 16.8 Å². The van der Waals surface area contributed by atoms with Crippen LogP contribution in [0.25, 0.3) is 0 Å². The Morgan fingerprint density at radius 1 is 1.06 bits per heavy atom. The Kier molecular flexibility index (Phi) is 7.37. The fraction of sp³-hybridized carbons (Fsp3) is 0.333. The van der Waals surface area contributed by atoms with Gasteiger partial charge in [-0.15, -0.1) is 0 Å². The van der Waals surface area contributed by atoms with E-state index < -0.39 is 35.2 Å². The molecule has 0 fully saturated rings. The highest BCUT2D eigenvalue weighted by Crippen LogP contribution is 2.39. The fourth-order valence-corrected chi connectivity index (χ4v) is 3.74. The van der Waals surface area contributed by atoms with Crippen molar-refractivity contribution in [2.75, 3.05) is 0 Å². The minimum Gasteiger partial charge on any atom is -0.480 e. The molecule has 0 spiro atoms. The number of nitrogens with zero attached hydrogens (tertiary/aromatic N) is 1. The number of benzene rings is 2. The lowest BCUT2D eigenvalue weighted by Gasteiger charge is -2.27. The van der Waals surface area contributed by atoms with E-state index in [1.807, 2.05) is 61.5 Å². The van der Waals surface area contributed by atoms with Crippen molar-refractivity contribution in [1.82, 2.24) is 10.8 Å². The van der Waals surface area contributed by atoms with Crippen LogP contribution in [0.15, 0.2) is 59.6 Å². The molecule has 2 unspecified atom stereocenters. The van der Waals surface area contributed by atoms with Crippen LogP contribution in [0.5, 0.6) is 0 Å². The molecule has 3 N–H and O–H groups in total. The number of amides is 2. The Morgan fingerprint density at radius 3 is 2.44 bits per heavy atom. The molecule has 0 saturated heterocycles. The van der Waals surface area contributed by atoms with Crippen molar-refractivity contribution in [3.05, 3.63) is 65.7 Å². The Bertz CT molecular complexity index is 1010. The minimum atomic E-state index is -1.18. The zero-order valence-corrected chi connectivity index (χ0v) is 18.1. The lowest BCUT2D eigenvalue weighted by Crippen LogP contribution is -2.49. The number of hydrogen-bond donors (Lipinski definition) is 3. The van der Waals surface area contributed by atoms with E-state index in [1.165, 1.54) is 0 Å². The van der Waals surface area contributed by atoms with Crippen molar-refractivity contribution in [3.8, 4) is 0 Å². The molecule has 0 bridgehead atoms. The van der Waals surface area contributed by atoms with Gasteiger partial charge in [-0.2, -0.15) is 0 Å². The van der Waals surface area contributed by atoms with Crippen LogP contribution in [0.2, 0.25) is 0 Å². The summed E-state index contributed by atoms with van der Waals surface area (Å²) < 4.78 is 0. The van der Waals surface area contributed by atoms with E-state index in [2.05, 4.69) is 15.8 Å². The summed E-state index contributed by atoms with van der Waals surface area (Å²) in [4.78, 5) is 46.7. The quantitative estimate of drug-likeness (QED) is 0.390. The van der Waals surface area contributed by atoms with Crippen LogP contribution in [0, 0.1) is 5.92 Å². The summed E-state index contributed by atoms with van der Waals surface area (Å²) in [5.41, 5.74) is 4.20. The van der Waals surface area contributed by atoms with Gasteiger partial charge in [-0.1, -0.05) is 62.4 Å². The number of rotatable bonds is 10. The molecule has 168 valence electrons. The molecule has 8 heteroatoms. The summed E-state index contributed by atoms with van der Waals surface area (Å²) in [6, 6.07) is 15.6. The molecule has 3 rings (SSSR count). The van der Waals surface area contributed by atoms with Crippen LogP contribution in [0.3, 0.4) is 0 Å². The number of aliphatic carboxylic acids is 1. The van der Waals surface area contributed by atoms with Crippen LogP contribution < -0.4 is 10.8 Å². The number of hydroxylamine groups is 1. The first-order valence-electron chi connectivity index (χ1n) is 10.5. The maximum atomic E-state index is 12.8. The third-order valence-corrected chi connectivity index (χ3v) is 5.55. The third-order valence-electron chi connectivity index (χ3n) is 5.55. The molecule has 2 amide bonds. The van der Waals surface area contributed by atoms with Gasteiger partial charge in [0.2, 0.25) is 5.91 Å².